The zero-order valence-electron chi connectivity index (χ0n) is 17.3. The molecule has 160 valence electrons. The van der Waals surface area contributed by atoms with Gasteiger partial charge in [-0.15, -0.1) is 10.2 Å². The lowest BCUT2D eigenvalue weighted by Gasteiger charge is -2.25. The van der Waals surface area contributed by atoms with Gasteiger partial charge in [-0.25, -0.2) is 0 Å². The molecule has 0 bridgehead atoms. The van der Waals surface area contributed by atoms with Crippen LogP contribution in [0.5, 0.6) is 5.75 Å². The van der Waals surface area contributed by atoms with Crippen molar-refractivity contribution in [1.82, 2.24) is 20.5 Å². The average molecular weight is 418 g/mol. The minimum Gasteiger partial charge on any atom is -0.493 e. The number of ether oxygens (including phenoxy) is 1. The van der Waals surface area contributed by atoms with E-state index in [2.05, 4.69) is 20.5 Å². The van der Waals surface area contributed by atoms with E-state index in [-0.39, 0.29) is 30.0 Å². The third-order valence-corrected chi connectivity index (χ3v) is 5.50. The molecule has 0 aliphatic heterocycles. The van der Waals surface area contributed by atoms with Gasteiger partial charge in [-0.05, 0) is 36.5 Å². The second-order valence-electron chi connectivity index (χ2n) is 7.85. The van der Waals surface area contributed by atoms with E-state index in [1.165, 1.54) is 19.3 Å². The molecular formula is C24H26N4O3. The van der Waals surface area contributed by atoms with Crippen molar-refractivity contribution in [3.8, 4) is 17.1 Å². The molecule has 7 nitrogen and oxygen atoms in total. The molecular weight excluding hydrogens is 392 g/mol. The number of aromatic amines is 1. The molecule has 1 amide bonds. The summed E-state index contributed by atoms with van der Waals surface area (Å²) < 4.78 is 5.86. The van der Waals surface area contributed by atoms with Gasteiger partial charge < -0.3 is 15.0 Å². The molecule has 1 saturated carbocycles. The maximum atomic E-state index is 12.4. The first-order chi connectivity index (χ1) is 15.2. The highest BCUT2D eigenvalue weighted by atomic mass is 16.5. The summed E-state index contributed by atoms with van der Waals surface area (Å²) in [5, 5.41) is 11.1. The van der Waals surface area contributed by atoms with E-state index in [0.717, 1.165) is 23.5 Å². The van der Waals surface area contributed by atoms with Crippen LogP contribution in [0.2, 0.25) is 0 Å². The number of aryl methyl sites for hydroxylation is 1. The molecule has 0 unspecified atom stereocenters. The molecule has 31 heavy (non-hydrogen) atoms. The van der Waals surface area contributed by atoms with Crippen molar-refractivity contribution in [2.75, 3.05) is 6.61 Å². The molecule has 2 aromatic carbocycles. The summed E-state index contributed by atoms with van der Waals surface area (Å²) in [6.45, 7) is 1.18. The number of hydrogen-bond acceptors (Lipinski definition) is 5. The van der Waals surface area contributed by atoms with Crippen molar-refractivity contribution in [2.45, 2.75) is 38.6 Å². The van der Waals surface area contributed by atoms with Gasteiger partial charge >= 0.3 is 0 Å². The van der Waals surface area contributed by atoms with Gasteiger partial charge in [-0.3, -0.25) is 9.59 Å². The van der Waals surface area contributed by atoms with Crippen LogP contribution in [0, 0.1) is 5.92 Å². The number of amides is 1. The van der Waals surface area contributed by atoms with Gasteiger partial charge in [0.1, 0.15) is 11.4 Å². The predicted octanol–water partition coefficient (Wildman–Crippen LogP) is 3.26. The fourth-order valence-electron chi connectivity index (χ4n) is 3.38. The van der Waals surface area contributed by atoms with Crippen LogP contribution in [0.25, 0.3) is 11.4 Å². The lowest BCUT2D eigenvalue weighted by molar-refractivity contribution is -0.121. The van der Waals surface area contributed by atoms with E-state index in [1.807, 2.05) is 54.6 Å². The maximum Gasteiger partial charge on any atom is 0.273 e. The molecule has 1 aromatic heterocycles. The minimum absolute atomic E-state index is 0.134. The van der Waals surface area contributed by atoms with Gasteiger partial charge in [-0.2, -0.15) is 0 Å². The van der Waals surface area contributed by atoms with Gasteiger partial charge in [-0.1, -0.05) is 48.9 Å². The van der Waals surface area contributed by atoms with Crippen LogP contribution in [0.3, 0.4) is 0 Å². The summed E-state index contributed by atoms with van der Waals surface area (Å²) in [6.07, 6.45) is 4.14. The van der Waals surface area contributed by atoms with E-state index in [4.69, 9.17) is 4.74 Å². The van der Waals surface area contributed by atoms with Crippen LogP contribution in [-0.4, -0.2) is 27.7 Å². The highest BCUT2D eigenvalue weighted by molar-refractivity contribution is 5.76. The number of carbonyl (C=O) groups excluding carboxylic acids is 1. The summed E-state index contributed by atoms with van der Waals surface area (Å²) in [4.78, 5) is 27.3. The largest absolute Gasteiger partial charge is 0.493 e. The highest BCUT2D eigenvalue weighted by Crippen LogP contribution is 2.28. The molecule has 4 rings (SSSR count). The Morgan fingerprint density at radius 2 is 1.94 bits per heavy atom. The van der Waals surface area contributed by atoms with Crippen LogP contribution in [0.1, 0.15) is 36.9 Å². The third-order valence-electron chi connectivity index (χ3n) is 5.50. The summed E-state index contributed by atoms with van der Waals surface area (Å²) in [5.74, 6) is 1.65. The van der Waals surface area contributed by atoms with Gasteiger partial charge in [0.15, 0.2) is 5.82 Å². The quantitative estimate of drug-likeness (QED) is 0.556. The van der Waals surface area contributed by atoms with Gasteiger partial charge in [0.25, 0.3) is 5.56 Å². The second-order valence-corrected chi connectivity index (χ2v) is 7.85. The molecule has 0 atom stereocenters. The van der Waals surface area contributed by atoms with E-state index in [9.17, 15) is 9.59 Å². The van der Waals surface area contributed by atoms with E-state index in [1.54, 1.807) is 0 Å². The Hall–Kier alpha value is -3.48. The first-order valence-corrected chi connectivity index (χ1v) is 10.7. The number of benzene rings is 2. The minimum atomic E-state index is -0.332. The monoisotopic (exact) mass is 418 g/mol. The topological polar surface area (TPSA) is 97.0 Å². The normalized spacial score (nSPS) is 13.4. The zero-order chi connectivity index (χ0) is 21.5. The van der Waals surface area contributed by atoms with Gasteiger partial charge in [0.2, 0.25) is 5.91 Å². The number of H-pyrrole nitrogens is 1. The van der Waals surface area contributed by atoms with Crippen molar-refractivity contribution >= 4 is 5.91 Å². The number of aromatic nitrogens is 3. The molecule has 1 aliphatic rings. The van der Waals surface area contributed by atoms with Crippen LogP contribution in [-0.2, 0) is 17.8 Å². The van der Waals surface area contributed by atoms with E-state index in [0.29, 0.717) is 18.3 Å². The van der Waals surface area contributed by atoms with Crippen molar-refractivity contribution in [3.05, 3.63) is 76.2 Å². The lowest BCUT2D eigenvalue weighted by Crippen LogP contribution is -2.25. The number of hydrogen-bond donors (Lipinski definition) is 2. The standard InChI is InChI=1S/C24H26N4O3/c29-22(25-15-17-6-2-1-3-7-17)13-12-21-24(30)26-23(28-27-21)19-10-5-11-20(14-19)31-16-18-8-4-9-18/h1-3,5-7,10-11,14,18H,4,8-9,12-13,15-16H2,(H,25,29)(H,26,28,30). The smallest absolute Gasteiger partial charge is 0.273 e. The second kappa shape index (κ2) is 10.0. The van der Waals surface area contributed by atoms with Crippen LogP contribution in [0.4, 0.5) is 0 Å². The molecule has 3 aromatic rings. The van der Waals surface area contributed by atoms with E-state index >= 15 is 0 Å². The Bertz CT molecular complexity index is 1080. The molecule has 1 fully saturated rings. The Labute approximate surface area is 180 Å². The van der Waals surface area contributed by atoms with Crippen LogP contribution < -0.4 is 15.6 Å². The number of carbonyl (C=O) groups is 1. The van der Waals surface area contributed by atoms with Crippen LogP contribution in [0.15, 0.2) is 59.4 Å². The first kappa shape index (κ1) is 20.8. The summed E-state index contributed by atoms with van der Waals surface area (Å²) in [6, 6.07) is 17.2. The first-order valence-electron chi connectivity index (χ1n) is 10.7. The Morgan fingerprint density at radius 1 is 1.10 bits per heavy atom. The zero-order valence-corrected chi connectivity index (χ0v) is 17.3. The highest BCUT2D eigenvalue weighted by Gasteiger charge is 2.18. The maximum absolute atomic E-state index is 12.4. The Balaban J connectivity index is 1.32. The average Bonchev–Trinajstić information content (AvgIpc) is 2.77. The van der Waals surface area contributed by atoms with Crippen LogP contribution >= 0.6 is 0 Å². The van der Waals surface area contributed by atoms with Crippen molar-refractivity contribution in [3.63, 3.8) is 0 Å². The SMILES string of the molecule is O=C(CCc1nnc(-c2cccc(OCC3CCC3)c2)[nH]c1=O)NCc1ccccc1. The summed E-state index contributed by atoms with van der Waals surface area (Å²) >= 11 is 0. The molecule has 1 aliphatic carbocycles. The molecule has 2 N–H and O–H groups in total. The number of nitrogens with one attached hydrogen (secondary N) is 2. The number of nitrogens with zero attached hydrogens (tertiary/aromatic N) is 2. The Kier molecular flexibility index (Phi) is 6.72. The number of rotatable bonds is 9. The molecule has 0 spiro atoms. The third kappa shape index (κ3) is 5.78. The van der Waals surface area contributed by atoms with Crippen molar-refractivity contribution < 1.29 is 9.53 Å². The van der Waals surface area contributed by atoms with Gasteiger partial charge in [0.05, 0.1) is 6.61 Å². The lowest BCUT2D eigenvalue weighted by atomic mass is 9.86. The summed E-state index contributed by atoms with van der Waals surface area (Å²) in [5.41, 5.74) is 1.68. The molecule has 1 heterocycles. The van der Waals surface area contributed by atoms with Crippen molar-refractivity contribution in [1.29, 1.82) is 0 Å². The van der Waals surface area contributed by atoms with Crippen molar-refractivity contribution in [2.24, 2.45) is 5.92 Å². The molecule has 0 saturated heterocycles. The fraction of sp³-hybridized carbons (Fsp3) is 0.333. The Morgan fingerprint density at radius 3 is 2.68 bits per heavy atom. The molecule has 7 heteroatoms. The van der Waals surface area contributed by atoms with Gasteiger partial charge in [0, 0.05) is 24.9 Å². The summed E-state index contributed by atoms with van der Waals surface area (Å²) in [7, 11) is 0. The fourth-order valence-corrected chi connectivity index (χ4v) is 3.38. The molecule has 0 radical (unpaired) electrons. The van der Waals surface area contributed by atoms with E-state index < -0.39 is 0 Å². The predicted molar refractivity (Wildman–Crippen MR) is 118 cm³/mol.